The largest absolute Gasteiger partial charge is 0.492 e. The van der Waals surface area contributed by atoms with Crippen LogP contribution in [0.5, 0.6) is 11.5 Å². The molecular weight excluding hydrogens is 433 g/mol. The molecule has 0 aliphatic carbocycles. The number of ether oxygens (including phenoxy) is 3. The summed E-state index contributed by atoms with van der Waals surface area (Å²) < 4.78 is 33.6. The lowest BCUT2D eigenvalue weighted by Crippen LogP contribution is -2.39. The van der Waals surface area contributed by atoms with Gasteiger partial charge in [0, 0.05) is 32.6 Å². The molecule has 1 atom stereocenters. The minimum atomic E-state index is -0.400. The zero-order valence-electron chi connectivity index (χ0n) is 20.1. The summed E-state index contributed by atoms with van der Waals surface area (Å²) in [5.74, 6) is 1.81. The van der Waals surface area contributed by atoms with E-state index in [-0.39, 0.29) is 11.6 Å². The van der Waals surface area contributed by atoms with Gasteiger partial charge in [0.1, 0.15) is 30.4 Å². The molecule has 1 saturated heterocycles. The van der Waals surface area contributed by atoms with E-state index in [1.54, 1.807) is 31.5 Å². The van der Waals surface area contributed by atoms with Crippen molar-refractivity contribution in [2.75, 3.05) is 33.4 Å². The second kappa shape index (κ2) is 11.5. The highest BCUT2D eigenvalue weighted by molar-refractivity contribution is 5.27. The fourth-order valence-electron chi connectivity index (χ4n) is 4.41. The van der Waals surface area contributed by atoms with E-state index in [2.05, 4.69) is 26.6 Å². The summed E-state index contributed by atoms with van der Waals surface area (Å²) in [6, 6.07) is 14.9. The second-order valence-corrected chi connectivity index (χ2v) is 8.90. The second-order valence-electron chi connectivity index (χ2n) is 8.90. The third-order valence-corrected chi connectivity index (χ3v) is 6.60. The van der Waals surface area contributed by atoms with E-state index in [0.29, 0.717) is 13.2 Å². The summed E-state index contributed by atoms with van der Waals surface area (Å²) in [6.45, 7) is 6.50. The Bertz CT molecular complexity index is 1040. The highest BCUT2D eigenvalue weighted by Gasteiger charge is 2.34. The standard InChI is InChI=1S/C27H34FN3O3/c1-22-29-14-17-31(22)18-19-33-24-10-8-23(9-11-24)20-30-15-5-12-27(32-2,13-16-30)21-34-26-7-4-3-6-25(26)28/h3-4,6-11,14,17H,5,12-13,15-16,18-21H2,1-2H3. The van der Waals surface area contributed by atoms with Crippen LogP contribution in [-0.2, 0) is 17.8 Å². The topological polar surface area (TPSA) is 48.8 Å². The predicted octanol–water partition coefficient (Wildman–Crippen LogP) is 4.86. The quantitative estimate of drug-likeness (QED) is 0.426. The van der Waals surface area contributed by atoms with Crippen LogP contribution in [0.1, 0.15) is 30.7 Å². The molecule has 4 rings (SSSR count). The minimum Gasteiger partial charge on any atom is -0.492 e. The average Bonchev–Trinajstić information content (AvgIpc) is 3.15. The molecule has 0 radical (unpaired) electrons. The molecule has 1 aliphatic heterocycles. The average molecular weight is 468 g/mol. The molecule has 1 aliphatic rings. The Balaban J connectivity index is 1.25. The third-order valence-electron chi connectivity index (χ3n) is 6.60. The van der Waals surface area contributed by atoms with Crippen molar-refractivity contribution >= 4 is 0 Å². The zero-order valence-corrected chi connectivity index (χ0v) is 20.1. The highest BCUT2D eigenvalue weighted by Crippen LogP contribution is 2.29. The van der Waals surface area contributed by atoms with Crippen LogP contribution >= 0.6 is 0 Å². The van der Waals surface area contributed by atoms with Crippen LogP contribution in [0.3, 0.4) is 0 Å². The lowest BCUT2D eigenvalue weighted by molar-refractivity contribution is -0.0548. The number of hydrogen-bond donors (Lipinski definition) is 0. The smallest absolute Gasteiger partial charge is 0.165 e. The van der Waals surface area contributed by atoms with Gasteiger partial charge in [-0.3, -0.25) is 4.90 Å². The molecule has 1 unspecified atom stereocenters. The monoisotopic (exact) mass is 467 g/mol. The minimum absolute atomic E-state index is 0.280. The fourth-order valence-corrected chi connectivity index (χ4v) is 4.41. The summed E-state index contributed by atoms with van der Waals surface area (Å²) in [6.07, 6.45) is 6.50. The maximum Gasteiger partial charge on any atom is 0.165 e. The molecule has 0 amide bonds. The maximum absolute atomic E-state index is 13.9. The van der Waals surface area contributed by atoms with Gasteiger partial charge in [0.2, 0.25) is 0 Å². The van der Waals surface area contributed by atoms with Crippen LogP contribution in [0.2, 0.25) is 0 Å². The van der Waals surface area contributed by atoms with Gasteiger partial charge >= 0.3 is 0 Å². The Hall–Kier alpha value is -2.90. The van der Waals surface area contributed by atoms with Crippen LogP contribution in [-0.4, -0.2) is 53.5 Å². The number of methoxy groups -OCH3 is 1. The van der Waals surface area contributed by atoms with E-state index in [1.165, 1.54) is 11.6 Å². The molecule has 34 heavy (non-hydrogen) atoms. The van der Waals surface area contributed by atoms with Gasteiger partial charge in [-0.05, 0) is 62.6 Å². The van der Waals surface area contributed by atoms with Crippen molar-refractivity contribution in [1.82, 2.24) is 14.5 Å². The van der Waals surface area contributed by atoms with Gasteiger partial charge in [-0.25, -0.2) is 9.37 Å². The van der Waals surface area contributed by atoms with E-state index < -0.39 is 5.60 Å². The van der Waals surface area contributed by atoms with Gasteiger partial charge in [-0.1, -0.05) is 24.3 Å². The SMILES string of the molecule is COC1(COc2ccccc2F)CCCN(Cc2ccc(OCCn3ccnc3C)cc2)CC1. The number of hydrogen-bond acceptors (Lipinski definition) is 5. The Kier molecular flexibility index (Phi) is 8.19. The Labute approximate surface area is 201 Å². The fraction of sp³-hybridized carbons (Fsp3) is 0.444. The normalized spacial score (nSPS) is 19.0. The predicted molar refractivity (Wildman–Crippen MR) is 130 cm³/mol. The maximum atomic E-state index is 13.9. The van der Waals surface area contributed by atoms with Crippen molar-refractivity contribution < 1.29 is 18.6 Å². The number of benzene rings is 2. The van der Waals surface area contributed by atoms with Gasteiger partial charge < -0.3 is 18.8 Å². The number of likely N-dealkylation sites (tertiary alicyclic amines) is 1. The Morgan fingerprint density at radius 3 is 2.59 bits per heavy atom. The van der Waals surface area contributed by atoms with Crippen LogP contribution in [0.25, 0.3) is 0 Å². The van der Waals surface area contributed by atoms with Gasteiger partial charge in [0.15, 0.2) is 11.6 Å². The molecule has 6 nitrogen and oxygen atoms in total. The third kappa shape index (κ3) is 6.36. The van der Waals surface area contributed by atoms with E-state index in [4.69, 9.17) is 14.2 Å². The van der Waals surface area contributed by atoms with Crippen molar-refractivity contribution in [3.05, 3.63) is 78.1 Å². The van der Waals surface area contributed by atoms with Gasteiger partial charge in [0.05, 0.1) is 6.54 Å². The highest BCUT2D eigenvalue weighted by atomic mass is 19.1. The number of aromatic nitrogens is 2. The summed E-state index contributed by atoms with van der Waals surface area (Å²) >= 11 is 0. The van der Waals surface area contributed by atoms with Gasteiger partial charge in [-0.15, -0.1) is 0 Å². The molecule has 1 fully saturated rings. The Morgan fingerprint density at radius 2 is 1.85 bits per heavy atom. The molecule has 0 saturated carbocycles. The molecule has 2 aromatic carbocycles. The first-order valence-electron chi connectivity index (χ1n) is 11.9. The van der Waals surface area contributed by atoms with Crippen LogP contribution in [0.15, 0.2) is 60.9 Å². The van der Waals surface area contributed by atoms with Crippen LogP contribution < -0.4 is 9.47 Å². The first-order chi connectivity index (χ1) is 16.6. The first-order valence-corrected chi connectivity index (χ1v) is 11.9. The summed E-state index contributed by atoms with van der Waals surface area (Å²) in [7, 11) is 1.73. The molecule has 1 aromatic heterocycles. The first kappa shape index (κ1) is 24.2. The van der Waals surface area contributed by atoms with Crippen molar-refractivity contribution in [3.8, 4) is 11.5 Å². The summed E-state index contributed by atoms with van der Waals surface area (Å²) in [5.41, 5.74) is 0.854. The van der Waals surface area contributed by atoms with E-state index in [9.17, 15) is 4.39 Å². The van der Waals surface area contributed by atoms with Crippen molar-refractivity contribution in [3.63, 3.8) is 0 Å². The molecular formula is C27H34FN3O3. The summed E-state index contributed by atoms with van der Waals surface area (Å²) in [4.78, 5) is 6.68. The van der Waals surface area contributed by atoms with E-state index in [1.807, 2.05) is 25.3 Å². The number of imidazole rings is 1. The molecule has 182 valence electrons. The van der Waals surface area contributed by atoms with E-state index >= 15 is 0 Å². The summed E-state index contributed by atoms with van der Waals surface area (Å²) in [5, 5.41) is 0. The van der Waals surface area contributed by atoms with Gasteiger partial charge in [-0.2, -0.15) is 0 Å². The molecule has 3 aromatic rings. The number of halogens is 1. The molecule has 0 spiro atoms. The van der Waals surface area contributed by atoms with Crippen molar-refractivity contribution in [2.24, 2.45) is 0 Å². The Morgan fingerprint density at radius 1 is 1.03 bits per heavy atom. The lowest BCUT2D eigenvalue weighted by Gasteiger charge is -2.31. The van der Waals surface area contributed by atoms with Crippen molar-refractivity contribution in [2.45, 2.75) is 44.9 Å². The lowest BCUT2D eigenvalue weighted by atomic mass is 9.95. The molecule has 7 heteroatoms. The van der Waals surface area contributed by atoms with Gasteiger partial charge in [0.25, 0.3) is 0 Å². The molecule has 0 bridgehead atoms. The number of rotatable bonds is 10. The van der Waals surface area contributed by atoms with Crippen LogP contribution in [0, 0.1) is 12.7 Å². The van der Waals surface area contributed by atoms with E-state index in [0.717, 1.165) is 57.0 Å². The zero-order chi connectivity index (χ0) is 23.8. The van der Waals surface area contributed by atoms with Crippen molar-refractivity contribution in [1.29, 1.82) is 0 Å². The van der Waals surface area contributed by atoms with Crippen LogP contribution in [0.4, 0.5) is 4.39 Å². The number of aryl methyl sites for hydroxylation is 1. The number of para-hydroxylation sites is 1. The molecule has 0 N–H and O–H groups in total. The molecule has 2 heterocycles. The number of nitrogens with zero attached hydrogens (tertiary/aromatic N) is 3.